The zero-order valence-corrected chi connectivity index (χ0v) is 12.8. The number of alkyl halides is 2. The molecule has 0 saturated heterocycles. The van der Waals surface area contributed by atoms with E-state index in [4.69, 9.17) is 34.8 Å². The van der Waals surface area contributed by atoms with Crippen molar-refractivity contribution in [3.63, 3.8) is 0 Å². The van der Waals surface area contributed by atoms with Crippen molar-refractivity contribution in [2.45, 2.75) is 24.6 Å². The van der Waals surface area contributed by atoms with Gasteiger partial charge in [0, 0.05) is 10.6 Å². The van der Waals surface area contributed by atoms with Crippen LogP contribution in [0.1, 0.15) is 25.8 Å². The summed E-state index contributed by atoms with van der Waals surface area (Å²) < 4.78 is -0.995. The van der Waals surface area contributed by atoms with Gasteiger partial charge in [-0.3, -0.25) is 4.79 Å². The van der Waals surface area contributed by atoms with Gasteiger partial charge in [-0.15, -0.1) is 23.2 Å². The molecule has 0 aliphatic heterocycles. The van der Waals surface area contributed by atoms with Crippen LogP contribution in [0.25, 0.3) is 0 Å². The largest absolute Gasteiger partial charge is 0.272 e. The van der Waals surface area contributed by atoms with E-state index in [1.54, 1.807) is 19.9 Å². The van der Waals surface area contributed by atoms with Crippen LogP contribution in [0.4, 0.5) is 0 Å². The normalized spacial score (nSPS) is 25.0. The van der Waals surface area contributed by atoms with Crippen LogP contribution in [0.2, 0.25) is 5.02 Å². The summed E-state index contributed by atoms with van der Waals surface area (Å²) in [5.74, 6) is -0.288. The predicted octanol–water partition coefficient (Wildman–Crippen LogP) is 3.76. The standard InChI is InChI=1S/C13H13Cl3N2O/c1-8(9-5-3-4-6-10(9)14)17-18-11(19)12(2)7-13(12,15)16/h3-6H,7H2,1-2H3,(H,18,19). The van der Waals surface area contributed by atoms with Gasteiger partial charge in [0.25, 0.3) is 0 Å². The molecule has 3 nitrogen and oxygen atoms in total. The van der Waals surface area contributed by atoms with Crippen LogP contribution in [0, 0.1) is 5.41 Å². The van der Waals surface area contributed by atoms with Crippen molar-refractivity contribution in [2.24, 2.45) is 10.5 Å². The first-order valence-corrected chi connectivity index (χ1v) is 6.89. The third-order valence-electron chi connectivity index (χ3n) is 3.35. The number of halogens is 3. The molecule has 1 N–H and O–H groups in total. The summed E-state index contributed by atoms with van der Waals surface area (Å²) in [6.07, 6.45) is 0.426. The molecule has 1 fully saturated rings. The lowest BCUT2D eigenvalue weighted by atomic mass is 10.1. The molecule has 1 saturated carbocycles. The lowest BCUT2D eigenvalue weighted by molar-refractivity contribution is -0.125. The minimum Gasteiger partial charge on any atom is -0.272 e. The first-order chi connectivity index (χ1) is 8.78. The number of hydrogen-bond donors (Lipinski definition) is 1. The Bertz CT molecular complexity index is 557. The van der Waals surface area contributed by atoms with Crippen LogP contribution in [-0.2, 0) is 4.79 Å². The number of benzene rings is 1. The van der Waals surface area contributed by atoms with Gasteiger partial charge in [-0.1, -0.05) is 29.8 Å². The lowest BCUT2D eigenvalue weighted by Crippen LogP contribution is -2.30. The van der Waals surface area contributed by atoms with Gasteiger partial charge in [0.15, 0.2) is 0 Å². The highest BCUT2D eigenvalue weighted by atomic mass is 35.5. The second-order valence-electron chi connectivity index (χ2n) is 4.83. The van der Waals surface area contributed by atoms with E-state index in [0.29, 0.717) is 17.2 Å². The molecule has 2 rings (SSSR count). The van der Waals surface area contributed by atoms with Crippen LogP contribution in [-0.4, -0.2) is 16.0 Å². The average molecular weight is 320 g/mol. The molecule has 0 spiro atoms. The number of hydrazone groups is 1. The van der Waals surface area contributed by atoms with Crippen LogP contribution in [0.5, 0.6) is 0 Å². The third-order valence-corrected chi connectivity index (χ3v) is 4.78. The SMILES string of the molecule is CC(=NNC(=O)C1(C)CC1(Cl)Cl)c1ccccc1Cl. The molecule has 6 heteroatoms. The maximum atomic E-state index is 11.9. The van der Waals surface area contributed by atoms with Gasteiger partial charge in [0.05, 0.1) is 11.1 Å². The van der Waals surface area contributed by atoms with E-state index < -0.39 is 9.75 Å². The smallest absolute Gasteiger partial charge is 0.249 e. The van der Waals surface area contributed by atoms with Crippen molar-refractivity contribution in [2.75, 3.05) is 0 Å². The summed E-state index contributed by atoms with van der Waals surface area (Å²) in [5, 5.41) is 4.63. The Morgan fingerprint density at radius 2 is 1.95 bits per heavy atom. The van der Waals surface area contributed by atoms with Crippen LogP contribution >= 0.6 is 34.8 Å². The van der Waals surface area contributed by atoms with E-state index in [-0.39, 0.29) is 5.91 Å². The van der Waals surface area contributed by atoms with Crippen molar-refractivity contribution in [3.05, 3.63) is 34.9 Å². The maximum Gasteiger partial charge on any atom is 0.249 e. The summed E-state index contributed by atoms with van der Waals surface area (Å²) >= 11 is 17.9. The van der Waals surface area contributed by atoms with Crippen LogP contribution < -0.4 is 5.43 Å². The molecule has 0 radical (unpaired) electrons. The molecule has 0 heterocycles. The number of rotatable bonds is 3. The Morgan fingerprint density at radius 1 is 1.37 bits per heavy atom. The summed E-state index contributed by atoms with van der Waals surface area (Å²) in [7, 11) is 0. The Hall–Kier alpha value is -0.770. The summed E-state index contributed by atoms with van der Waals surface area (Å²) in [6, 6.07) is 7.28. The monoisotopic (exact) mass is 318 g/mol. The van der Waals surface area contributed by atoms with Crippen molar-refractivity contribution in [1.29, 1.82) is 0 Å². The fourth-order valence-electron chi connectivity index (χ4n) is 1.72. The molecule has 1 aromatic carbocycles. The highest BCUT2D eigenvalue weighted by Gasteiger charge is 2.68. The summed E-state index contributed by atoms with van der Waals surface area (Å²) in [4.78, 5) is 11.9. The fourth-order valence-corrected chi connectivity index (χ4v) is 2.70. The molecule has 1 aliphatic carbocycles. The quantitative estimate of drug-likeness (QED) is 0.514. The van der Waals surface area contributed by atoms with Crippen molar-refractivity contribution < 1.29 is 4.79 Å². The highest BCUT2D eigenvalue weighted by molar-refractivity contribution is 6.53. The topological polar surface area (TPSA) is 41.5 Å². The number of hydrogen-bond acceptors (Lipinski definition) is 2. The number of carbonyl (C=O) groups excluding carboxylic acids is 1. The minimum absolute atomic E-state index is 0.288. The molecule has 0 bridgehead atoms. The Labute approximate surface area is 126 Å². The molecule has 0 aromatic heterocycles. The Kier molecular flexibility index (Phi) is 3.83. The van der Waals surface area contributed by atoms with E-state index in [9.17, 15) is 4.79 Å². The van der Waals surface area contributed by atoms with Crippen LogP contribution in [0.3, 0.4) is 0 Å². The number of carbonyl (C=O) groups is 1. The fraction of sp³-hybridized carbons (Fsp3) is 0.385. The van der Waals surface area contributed by atoms with Crippen molar-refractivity contribution >= 4 is 46.4 Å². The summed E-state index contributed by atoms with van der Waals surface area (Å²) in [5.41, 5.74) is 3.11. The average Bonchev–Trinajstić information content (AvgIpc) is 2.87. The molecule has 1 aromatic rings. The molecule has 1 aliphatic rings. The van der Waals surface area contributed by atoms with E-state index in [1.807, 2.05) is 18.2 Å². The molecule has 1 atom stereocenters. The third kappa shape index (κ3) is 2.73. The van der Waals surface area contributed by atoms with E-state index >= 15 is 0 Å². The molecule has 102 valence electrons. The van der Waals surface area contributed by atoms with Crippen molar-refractivity contribution in [1.82, 2.24) is 5.43 Å². The number of amides is 1. The second-order valence-corrected chi connectivity index (χ2v) is 6.72. The Balaban J connectivity index is 2.08. The minimum atomic E-state index is -0.995. The highest BCUT2D eigenvalue weighted by Crippen LogP contribution is 2.63. The molecular formula is C13H13Cl3N2O. The molecular weight excluding hydrogens is 307 g/mol. The summed E-state index contributed by atoms with van der Waals surface area (Å²) in [6.45, 7) is 3.48. The van der Waals surface area contributed by atoms with Gasteiger partial charge in [-0.25, -0.2) is 5.43 Å². The van der Waals surface area contributed by atoms with Gasteiger partial charge >= 0.3 is 0 Å². The van der Waals surface area contributed by atoms with E-state index in [2.05, 4.69) is 10.5 Å². The maximum absolute atomic E-state index is 11.9. The van der Waals surface area contributed by atoms with Gasteiger partial charge in [0.2, 0.25) is 5.91 Å². The lowest BCUT2D eigenvalue weighted by Gasteiger charge is -2.10. The number of nitrogens with zero attached hydrogens (tertiary/aromatic N) is 1. The van der Waals surface area contributed by atoms with Gasteiger partial charge < -0.3 is 0 Å². The van der Waals surface area contributed by atoms with Crippen molar-refractivity contribution in [3.8, 4) is 0 Å². The van der Waals surface area contributed by atoms with Crippen LogP contribution in [0.15, 0.2) is 29.4 Å². The first kappa shape index (κ1) is 14.6. The van der Waals surface area contributed by atoms with Gasteiger partial charge in [0.1, 0.15) is 4.33 Å². The molecule has 1 amide bonds. The molecule has 19 heavy (non-hydrogen) atoms. The zero-order chi connectivity index (χ0) is 14.3. The van der Waals surface area contributed by atoms with Gasteiger partial charge in [-0.05, 0) is 26.3 Å². The van der Waals surface area contributed by atoms with E-state index in [0.717, 1.165) is 5.56 Å². The first-order valence-electron chi connectivity index (χ1n) is 5.75. The second kappa shape index (κ2) is 4.97. The Morgan fingerprint density at radius 3 is 2.47 bits per heavy atom. The molecule has 1 unspecified atom stereocenters. The van der Waals surface area contributed by atoms with E-state index in [1.165, 1.54) is 0 Å². The zero-order valence-electron chi connectivity index (χ0n) is 10.5. The van der Waals surface area contributed by atoms with Gasteiger partial charge in [-0.2, -0.15) is 5.10 Å². The predicted molar refractivity (Wildman–Crippen MR) is 79.0 cm³/mol. The number of nitrogens with one attached hydrogen (secondary N) is 1.